The van der Waals surface area contributed by atoms with Crippen LogP contribution in [-0.2, 0) is 12.0 Å². The summed E-state index contributed by atoms with van der Waals surface area (Å²) in [5, 5.41) is 1.21. The first-order chi connectivity index (χ1) is 8.68. The maximum Gasteiger partial charge on any atom is 0.0900 e. The van der Waals surface area contributed by atoms with E-state index in [0.717, 1.165) is 17.8 Å². The Kier molecular flexibility index (Phi) is 2.41. The largest absolute Gasteiger partial charge is 0.325 e. The molecule has 5 rings (SSSR count). The number of aryl methyl sites for hydroxylation is 1. The van der Waals surface area contributed by atoms with E-state index in [9.17, 15) is 0 Å². The fourth-order valence-electron chi connectivity index (χ4n) is 5.41. The summed E-state index contributed by atoms with van der Waals surface area (Å²) in [6, 6.07) is 0. The Morgan fingerprint density at radius 3 is 2.22 bits per heavy atom. The summed E-state index contributed by atoms with van der Waals surface area (Å²) in [5.74, 6) is 3.01. The van der Waals surface area contributed by atoms with Crippen molar-refractivity contribution in [2.45, 2.75) is 57.4 Å². The van der Waals surface area contributed by atoms with Crippen LogP contribution in [-0.4, -0.2) is 4.98 Å². The highest BCUT2D eigenvalue weighted by atomic mass is 32.1. The van der Waals surface area contributed by atoms with E-state index in [1.54, 1.807) is 4.88 Å². The Morgan fingerprint density at radius 1 is 1.17 bits per heavy atom. The lowest BCUT2D eigenvalue weighted by molar-refractivity contribution is -0.00393. The van der Waals surface area contributed by atoms with Gasteiger partial charge in [-0.2, -0.15) is 0 Å². The van der Waals surface area contributed by atoms with Crippen LogP contribution in [0.1, 0.15) is 54.1 Å². The molecule has 0 amide bonds. The summed E-state index contributed by atoms with van der Waals surface area (Å²) in [5.41, 5.74) is 7.62. The lowest BCUT2D eigenvalue weighted by Gasteiger charge is -2.56. The number of hydrogen-bond donors (Lipinski definition) is 1. The molecule has 0 atom stereocenters. The van der Waals surface area contributed by atoms with E-state index in [2.05, 4.69) is 11.9 Å². The van der Waals surface area contributed by atoms with Gasteiger partial charge in [0, 0.05) is 16.8 Å². The Bertz CT molecular complexity index is 442. The van der Waals surface area contributed by atoms with E-state index in [4.69, 9.17) is 5.73 Å². The first kappa shape index (κ1) is 11.4. The molecule has 18 heavy (non-hydrogen) atoms. The van der Waals surface area contributed by atoms with Gasteiger partial charge in [0.15, 0.2) is 0 Å². The van der Waals surface area contributed by atoms with E-state index >= 15 is 0 Å². The maximum absolute atomic E-state index is 5.93. The number of nitrogens with two attached hydrogens (primary N) is 1. The highest BCUT2D eigenvalue weighted by Crippen LogP contribution is 2.61. The van der Waals surface area contributed by atoms with Crippen molar-refractivity contribution in [1.82, 2.24) is 4.98 Å². The van der Waals surface area contributed by atoms with Gasteiger partial charge in [0.1, 0.15) is 0 Å². The standard InChI is InChI=1S/C15H22N2S/c1-9-17-13(8-16)14(18-9)15-5-10-2-11(6-15)4-12(3-10)7-15/h10-12H,2-8,16H2,1H3. The SMILES string of the molecule is Cc1nc(CN)c(C23CC4CC(CC(C4)C2)C3)s1. The van der Waals surface area contributed by atoms with Crippen LogP contribution in [0.5, 0.6) is 0 Å². The predicted molar refractivity (Wildman–Crippen MR) is 74.6 cm³/mol. The number of hydrogen-bond acceptors (Lipinski definition) is 3. The molecule has 4 aliphatic rings. The molecular formula is C15H22N2S. The molecule has 2 nitrogen and oxygen atoms in total. The molecular weight excluding hydrogens is 240 g/mol. The van der Waals surface area contributed by atoms with Crippen LogP contribution in [0.4, 0.5) is 0 Å². The van der Waals surface area contributed by atoms with Crippen LogP contribution in [0.2, 0.25) is 0 Å². The zero-order valence-electron chi connectivity index (χ0n) is 11.1. The number of rotatable bonds is 2. The van der Waals surface area contributed by atoms with Gasteiger partial charge in [-0.05, 0) is 63.2 Å². The topological polar surface area (TPSA) is 38.9 Å². The van der Waals surface area contributed by atoms with Crippen molar-refractivity contribution in [3.05, 3.63) is 15.6 Å². The van der Waals surface area contributed by atoms with Crippen molar-refractivity contribution >= 4 is 11.3 Å². The second-order valence-corrected chi connectivity index (χ2v) is 8.11. The third-order valence-corrected chi connectivity index (χ3v) is 6.78. The molecule has 3 heteroatoms. The van der Waals surface area contributed by atoms with Gasteiger partial charge in [-0.15, -0.1) is 11.3 Å². The summed E-state index contributed by atoms with van der Waals surface area (Å²) in [4.78, 5) is 6.25. The number of nitrogens with zero attached hydrogens (tertiary/aromatic N) is 1. The van der Waals surface area contributed by atoms with E-state index < -0.39 is 0 Å². The number of aromatic nitrogens is 1. The van der Waals surface area contributed by atoms with Crippen LogP contribution < -0.4 is 5.73 Å². The highest BCUT2D eigenvalue weighted by Gasteiger charge is 2.52. The van der Waals surface area contributed by atoms with Gasteiger partial charge in [-0.1, -0.05) is 0 Å². The molecule has 1 aromatic heterocycles. The molecule has 0 unspecified atom stereocenters. The fourth-order valence-corrected chi connectivity index (χ4v) is 6.58. The molecule has 4 aliphatic carbocycles. The van der Waals surface area contributed by atoms with Crippen LogP contribution in [0.3, 0.4) is 0 Å². The predicted octanol–water partition coefficient (Wildman–Crippen LogP) is 3.38. The third-order valence-electron chi connectivity index (χ3n) is 5.52. The van der Waals surface area contributed by atoms with Gasteiger partial charge in [0.05, 0.1) is 10.7 Å². The summed E-state index contributed by atoms with van der Waals surface area (Å²) in [7, 11) is 0. The van der Waals surface area contributed by atoms with Gasteiger partial charge in [0.25, 0.3) is 0 Å². The lowest BCUT2D eigenvalue weighted by atomic mass is 9.49. The van der Waals surface area contributed by atoms with Gasteiger partial charge >= 0.3 is 0 Å². The average Bonchev–Trinajstić information content (AvgIpc) is 2.69. The van der Waals surface area contributed by atoms with Gasteiger partial charge in [-0.25, -0.2) is 4.98 Å². The molecule has 4 saturated carbocycles. The van der Waals surface area contributed by atoms with Crippen molar-refractivity contribution in [2.75, 3.05) is 0 Å². The van der Waals surface area contributed by atoms with Gasteiger partial charge in [-0.3, -0.25) is 0 Å². The third kappa shape index (κ3) is 1.53. The zero-order valence-corrected chi connectivity index (χ0v) is 11.9. The molecule has 0 saturated heterocycles. The summed E-state index contributed by atoms with van der Waals surface area (Å²) < 4.78 is 0. The van der Waals surface area contributed by atoms with Gasteiger partial charge < -0.3 is 5.73 Å². The molecule has 4 fully saturated rings. The van der Waals surface area contributed by atoms with Crippen LogP contribution in [0.15, 0.2) is 0 Å². The minimum Gasteiger partial charge on any atom is -0.325 e. The van der Waals surface area contributed by atoms with Crippen molar-refractivity contribution < 1.29 is 0 Å². The minimum absolute atomic E-state index is 0.482. The molecule has 2 N–H and O–H groups in total. The monoisotopic (exact) mass is 262 g/mol. The average molecular weight is 262 g/mol. The Morgan fingerprint density at radius 2 is 1.72 bits per heavy atom. The molecule has 0 aliphatic heterocycles. The molecule has 0 radical (unpaired) electrons. The molecule has 4 bridgehead atoms. The Hall–Kier alpha value is -0.410. The molecule has 98 valence electrons. The zero-order chi connectivity index (χ0) is 12.3. The smallest absolute Gasteiger partial charge is 0.0900 e. The van der Waals surface area contributed by atoms with Crippen LogP contribution in [0.25, 0.3) is 0 Å². The molecule has 1 heterocycles. The minimum atomic E-state index is 0.482. The van der Waals surface area contributed by atoms with E-state index in [1.807, 2.05) is 11.3 Å². The van der Waals surface area contributed by atoms with Crippen LogP contribution in [0, 0.1) is 24.7 Å². The normalized spacial score (nSPS) is 41.6. The second kappa shape index (κ2) is 3.80. The van der Waals surface area contributed by atoms with Crippen LogP contribution >= 0.6 is 11.3 Å². The van der Waals surface area contributed by atoms with Crippen molar-refractivity contribution in [2.24, 2.45) is 23.5 Å². The highest BCUT2D eigenvalue weighted by molar-refractivity contribution is 7.11. The second-order valence-electron chi connectivity index (χ2n) is 6.91. The van der Waals surface area contributed by atoms with Crippen molar-refractivity contribution in [3.8, 4) is 0 Å². The molecule has 0 spiro atoms. The molecule has 0 aromatic carbocycles. The summed E-state index contributed by atoms with van der Waals surface area (Å²) in [6.45, 7) is 2.76. The maximum atomic E-state index is 5.93. The fraction of sp³-hybridized carbons (Fsp3) is 0.800. The van der Waals surface area contributed by atoms with Gasteiger partial charge in [0.2, 0.25) is 0 Å². The summed E-state index contributed by atoms with van der Waals surface area (Å²) in [6.07, 6.45) is 8.80. The Labute approximate surface area is 113 Å². The molecule has 1 aromatic rings. The quantitative estimate of drug-likeness (QED) is 0.887. The van der Waals surface area contributed by atoms with Crippen molar-refractivity contribution in [1.29, 1.82) is 0 Å². The summed E-state index contributed by atoms with van der Waals surface area (Å²) >= 11 is 1.94. The Balaban J connectivity index is 1.78. The first-order valence-electron chi connectivity index (χ1n) is 7.35. The first-order valence-corrected chi connectivity index (χ1v) is 8.17. The van der Waals surface area contributed by atoms with E-state index in [0.29, 0.717) is 12.0 Å². The lowest BCUT2D eigenvalue weighted by Crippen LogP contribution is -2.48. The van der Waals surface area contributed by atoms with E-state index in [1.165, 1.54) is 49.2 Å². The number of thiazole rings is 1. The van der Waals surface area contributed by atoms with Crippen molar-refractivity contribution in [3.63, 3.8) is 0 Å². The van der Waals surface area contributed by atoms with E-state index in [-0.39, 0.29) is 0 Å².